The lowest BCUT2D eigenvalue weighted by molar-refractivity contribution is 0.349. The van der Waals surface area contributed by atoms with Gasteiger partial charge in [-0.3, -0.25) is 0 Å². The van der Waals surface area contributed by atoms with Crippen LogP contribution in [0.2, 0.25) is 0 Å². The van der Waals surface area contributed by atoms with Gasteiger partial charge in [0.1, 0.15) is 5.82 Å². The molecular weight excluding hydrogens is 246 g/mol. The fourth-order valence-corrected chi connectivity index (χ4v) is 3.14. The quantitative estimate of drug-likeness (QED) is 0.910. The fourth-order valence-electron chi connectivity index (χ4n) is 3.14. The molecule has 0 amide bonds. The first-order valence-corrected chi connectivity index (χ1v) is 7.58. The molecule has 1 aliphatic rings. The average Bonchev–Trinajstić information content (AvgIpc) is 2.88. The third-order valence-electron chi connectivity index (χ3n) is 4.41. The lowest BCUT2D eigenvalue weighted by Crippen LogP contribution is -2.30. The number of aryl methyl sites for hydroxylation is 1. The number of imidazole rings is 1. The van der Waals surface area contributed by atoms with Crippen molar-refractivity contribution in [3.05, 3.63) is 36.7 Å². The molecule has 106 valence electrons. The van der Waals surface area contributed by atoms with Gasteiger partial charge in [0.15, 0.2) is 0 Å². The fraction of sp³-hybridized carbons (Fsp3) is 0.471. The Morgan fingerprint density at radius 1 is 1.25 bits per heavy atom. The highest BCUT2D eigenvalue weighted by Crippen LogP contribution is 2.28. The molecule has 1 aromatic heterocycles. The van der Waals surface area contributed by atoms with E-state index in [1.165, 1.54) is 36.9 Å². The zero-order chi connectivity index (χ0) is 13.9. The van der Waals surface area contributed by atoms with E-state index in [2.05, 4.69) is 46.1 Å². The summed E-state index contributed by atoms with van der Waals surface area (Å²) in [5, 5.41) is 3.72. The van der Waals surface area contributed by atoms with Crippen LogP contribution in [0, 0.1) is 5.92 Å². The topological polar surface area (TPSA) is 29.9 Å². The molecule has 0 radical (unpaired) electrons. The molecule has 3 rings (SSSR count). The Balaban J connectivity index is 1.79. The number of nitrogens with one attached hydrogen (secondary N) is 1. The molecule has 3 heteroatoms. The summed E-state index contributed by atoms with van der Waals surface area (Å²) in [6.07, 6.45) is 9.19. The lowest BCUT2D eigenvalue weighted by atomic mass is 9.86. The van der Waals surface area contributed by atoms with Gasteiger partial charge in [0.25, 0.3) is 0 Å². The molecule has 1 saturated carbocycles. The van der Waals surface area contributed by atoms with Gasteiger partial charge in [0, 0.05) is 36.7 Å². The summed E-state index contributed by atoms with van der Waals surface area (Å²) in [7, 11) is 2.03. The molecule has 1 aliphatic carbocycles. The molecule has 20 heavy (non-hydrogen) atoms. The minimum Gasteiger partial charge on any atom is -0.382 e. The minimum atomic E-state index is 0.611. The number of hydrogen-bond acceptors (Lipinski definition) is 2. The van der Waals surface area contributed by atoms with Crippen molar-refractivity contribution in [3.63, 3.8) is 0 Å². The molecule has 1 aromatic carbocycles. The summed E-state index contributed by atoms with van der Waals surface area (Å²) in [5.41, 5.74) is 2.38. The van der Waals surface area contributed by atoms with Gasteiger partial charge in [0.2, 0.25) is 0 Å². The van der Waals surface area contributed by atoms with Crippen LogP contribution in [-0.4, -0.2) is 15.6 Å². The second-order valence-electron chi connectivity index (χ2n) is 5.96. The highest BCUT2D eigenvalue weighted by Gasteiger charge is 2.20. The van der Waals surface area contributed by atoms with Crippen molar-refractivity contribution in [1.29, 1.82) is 0 Å². The lowest BCUT2D eigenvalue weighted by Gasteiger charge is -2.30. The number of anilines is 1. The zero-order valence-corrected chi connectivity index (χ0v) is 12.3. The largest absolute Gasteiger partial charge is 0.382 e. The number of benzene rings is 1. The first-order valence-electron chi connectivity index (χ1n) is 7.58. The molecule has 1 N–H and O–H groups in total. The molecular formula is C17H23N3. The van der Waals surface area contributed by atoms with Gasteiger partial charge in [-0.15, -0.1) is 0 Å². The van der Waals surface area contributed by atoms with Gasteiger partial charge < -0.3 is 9.88 Å². The van der Waals surface area contributed by atoms with E-state index in [1.54, 1.807) is 0 Å². The van der Waals surface area contributed by atoms with Crippen LogP contribution in [0.15, 0.2) is 36.7 Å². The second kappa shape index (κ2) is 5.70. The standard InChI is InChI=1S/C17H23N3/c1-13-6-3-4-9-16(13)19-15-8-5-7-14(12-15)17-18-10-11-20(17)2/h5,7-8,10-13,16,19H,3-4,6,9H2,1-2H3/t13-,16-/m1/s1. The van der Waals surface area contributed by atoms with Crippen LogP contribution in [0.1, 0.15) is 32.6 Å². The maximum absolute atomic E-state index is 4.42. The highest BCUT2D eigenvalue weighted by molar-refractivity contribution is 5.63. The summed E-state index contributed by atoms with van der Waals surface area (Å²) < 4.78 is 2.06. The van der Waals surface area contributed by atoms with Crippen molar-refractivity contribution in [3.8, 4) is 11.4 Å². The Bertz CT molecular complexity index is 573. The monoisotopic (exact) mass is 269 g/mol. The Morgan fingerprint density at radius 2 is 2.10 bits per heavy atom. The van der Waals surface area contributed by atoms with Crippen LogP contribution in [0.5, 0.6) is 0 Å². The van der Waals surface area contributed by atoms with Crippen LogP contribution in [0.4, 0.5) is 5.69 Å². The van der Waals surface area contributed by atoms with Gasteiger partial charge in [0.05, 0.1) is 0 Å². The zero-order valence-electron chi connectivity index (χ0n) is 12.3. The van der Waals surface area contributed by atoms with Crippen LogP contribution in [0.25, 0.3) is 11.4 Å². The van der Waals surface area contributed by atoms with Crippen molar-refractivity contribution in [1.82, 2.24) is 9.55 Å². The molecule has 2 atom stereocenters. The smallest absolute Gasteiger partial charge is 0.139 e. The summed E-state index contributed by atoms with van der Waals surface area (Å²) in [5.74, 6) is 1.78. The Labute approximate surface area is 121 Å². The van der Waals surface area contributed by atoms with E-state index in [-0.39, 0.29) is 0 Å². The van der Waals surface area contributed by atoms with Crippen LogP contribution >= 0.6 is 0 Å². The minimum absolute atomic E-state index is 0.611. The summed E-state index contributed by atoms with van der Waals surface area (Å²) in [6, 6.07) is 9.22. The summed E-state index contributed by atoms with van der Waals surface area (Å²) in [4.78, 5) is 4.42. The molecule has 3 nitrogen and oxygen atoms in total. The molecule has 1 heterocycles. The molecule has 0 aliphatic heterocycles. The molecule has 1 fully saturated rings. The van der Waals surface area contributed by atoms with Crippen molar-refractivity contribution in [2.45, 2.75) is 38.6 Å². The summed E-state index contributed by atoms with van der Waals surface area (Å²) in [6.45, 7) is 2.36. The van der Waals surface area contributed by atoms with E-state index in [0.717, 1.165) is 11.7 Å². The number of rotatable bonds is 3. The van der Waals surface area contributed by atoms with E-state index in [1.807, 2.05) is 19.4 Å². The predicted octanol–water partition coefficient (Wildman–Crippen LogP) is 4.08. The van der Waals surface area contributed by atoms with Crippen molar-refractivity contribution in [2.75, 3.05) is 5.32 Å². The normalized spacial score (nSPS) is 22.7. The van der Waals surface area contributed by atoms with E-state index in [0.29, 0.717) is 6.04 Å². The molecule has 0 bridgehead atoms. The van der Waals surface area contributed by atoms with E-state index >= 15 is 0 Å². The van der Waals surface area contributed by atoms with Crippen LogP contribution in [0.3, 0.4) is 0 Å². The third-order valence-corrected chi connectivity index (χ3v) is 4.41. The van der Waals surface area contributed by atoms with Gasteiger partial charge in [-0.1, -0.05) is 31.9 Å². The SMILES string of the molecule is C[C@@H]1CCCC[C@H]1Nc1cccc(-c2nccn2C)c1. The number of nitrogens with zero attached hydrogens (tertiary/aromatic N) is 2. The van der Waals surface area contributed by atoms with Crippen LogP contribution in [-0.2, 0) is 7.05 Å². The van der Waals surface area contributed by atoms with Gasteiger partial charge in [-0.05, 0) is 30.9 Å². The molecule has 0 saturated heterocycles. The maximum atomic E-state index is 4.42. The van der Waals surface area contributed by atoms with Crippen molar-refractivity contribution in [2.24, 2.45) is 13.0 Å². The number of aromatic nitrogens is 2. The molecule has 2 aromatic rings. The van der Waals surface area contributed by atoms with Crippen LogP contribution < -0.4 is 5.32 Å². The predicted molar refractivity (Wildman–Crippen MR) is 83.7 cm³/mol. The summed E-state index contributed by atoms with van der Waals surface area (Å²) >= 11 is 0. The first kappa shape index (κ1) is 13.2. The van der Waals surface area contributed by atoms with Gasteiger partial charge in [-0.2, -0.15) is 0 Å². The molecule has 0 spiro atoms. The highest BCUT2D eigenvalue weighted by atomic mass is 15.0. The van der Waals surface area contributed by atoms with Crippen molar-refractivity contribution < 1.29 is 0 Å². The van der Waals surface area contributed by atoms with E-state index in [4.69, 9.17) is 0 Å². The Kier molecular flexibility index (Phi) is 3.77. The van der Waals surface area contributed by atoms with E-state index in [9.17, 15) is 0 Å². The average molecular weight is 269 g/mol. The van der Waals surface area contributed by atoms with Gasteiger partial charge >= 0.3 is 0 Å². The van der Waals surface area contributed by atoms with Crippen molar-refractivity contribution >= 4 is 5.69 Å². The number of hydrogen-bond donors (Lipinski definition) is 1. The molecule has 0 unspecified atom stereocenters. The third kappa shape index (κ3) is 2.72. The second-order valence-corrected chi connectivity index (χ2v) is 5.96. The van der Waals surface area contributed by atoms with E-state index < -0.39 is 0 Å². The maximum Gasteiger partial charge on any atom is 0.139 e. The Morgan fingerprint density at radius 3 is 2.85 bits per heavy atom. The first-order chi connectivity index (χ1) is 9.74. The Hall–Kier alpha value is -1.77. The van der Waals surface area contributed by atoms with Gasteiger partial charge in [-0.25, -0.2) is 4.98 Å².